The summed E-state index contributed by atoms with van der Waals surface area (Å²) in [4.78, 5) is 0. The highest BCUT2D eigenvalue weighted by molar-refractivity contribution is 4.98. The number of allylic oxidation sites excluding steroid dienone is 2. The Hall–Kier alpha value is -0.260. The van der Waals surface area contributed by atoms with Crippen LogP contribution < -0.4 is 0 Å². The zero-order valence-corrected chi connectivity index (χ0v) is 8.06. The maximum Gasteiger partial charge on any atom is -0.0172 e. The van der Waals surface area contributed by atoms with Crippen molar-refractivity contribution in [1.29, 1.82) is 0 Å². The molecule has 0 aromatic heterocycles. The maximum atomic E-state index is 2.39. The molecule has 0 bridgehead atoms. The number of rotatable bonds is 1. The predicted molar refractivity (Wildman–Crippen MR) is 50.6 cm³/mol. The van der Waals surface area contributed by atoms with E-state index >= 15 is 0 Å². The Labute approximate surface area is 70.7 Å². The molecule has 0 saturated carbocycles. The van der Waals surface area contributed by atoms with Crippen LogP contribution in [-0.2, 0) is 0 Å². The van der Waals surface area contributed by atoms with Crippen molar-refractivity contribution in [1.82, 2.24) is 0 Å². The molecule has 1 aliphatic rings. The zero-order valence-electron chi connectivity index (χ0n) is 8.06. The van der Waals surface area contributed by atoms with E-state index < -0.39 is 0 Å². The molecule has 0 amide bonds. The third kappa shape index (κ3) is 2.69. The lowest BCUT2D eigenvalue weighted by molar-refractivity contribution is 0.322. The van der Waals surface area contributed by atoms with Crippen molar-refractivity contribution < 1.29 is 0 Å². The first kappa shape index (κ1) is 8.83. The molecule has 0 radical (unpaired) electrons. The fourth-order valence-electron chi connectivity index (χ4n) is 2.00. The normalized spacial score (nSPS) is 29.9. The molecule has 0 aliphatic heterocycles. The van der Waals surface area contributed by atoms with Gasteiger partial charge in [0, 0.05) is 0 Å². The van der Waals surface area contributed by atoms with E-state index in [1.165, 1.54) is 25.7 Å². The largest absolute Gasteiger partial charge is 0.0880 e. The van der Waals surface area contributed by atoms with E-state index in [2.05, 4.69) is 32.9 Å². The maximum absolute atomic E-state index is 2.39. The van der Waals surface area contributed by atoms with Gasteiger partial charge in [0.15, 0.2) is 0 Å². The van der Waals surface area contributed by atoms with E-state index in [9.17, 15) is 0 Å². The van der Waals surface area contributed by atoms with Crippen LogP contribution in [0.1, 0.15) is 46.5 Å². The molecule has 64 valence electrons. The monoisotopic (exact) mass is 152 g/mol. The van der Waals surface area contributed by atoms with Gasteiger partial charge in [-0.3, -0.25) is 0 Å². The Morgan fingerprint density at radius 2 is 2.18 bits per heavy atom. The van der Waals surface area contributed by atoms with E-state index in [1.54, 1.807) is 0 Å². The molecule has 0 heteroatoms. The van der Waals surface area contributed by atoms with Crippen molar-refractivity contribution in [2.45, 2.75) is 46.5 Å². The highest BCUT2D eigenvalue weighted by atomic mass is 14.3. The van der Waals surface area contributed by atoms with Crippen molar-refractivity contribution in [3.8, 4) is 0 Å². The van der Waals surface area contributed by atoms with E-state index in [4.69, 9.17) is 0 Å². The topological polar surface area (TPSA) is 0 Å². The fourth-order valence-corrected chi connectivity index (χ4v) is 2.00. The first-order valence-corrected chi connectivity index (χ1v) is 4.82. The SMILES string of the molecule is CCC1CCC=CC(C)(C)C1. The smallest absolute Gasteiger partial charge is 0.0172 e. The van der Waals surface area contributed by atoms with Gasteiger partial charge in [0.05, 0.1) is 0 Å². The van der Waals surface area contributed by atoms with Crippen LogP contribution in [0.2, 0.25) is 0 Å². The van der Waals surface area contributed by atoms with Gasteiger partial charge in [-0.15, -0.1) is 0 Å². The Kier molecular flexibility index (Phi) is 2.75. The number of hydrogen-bond donors (Lipinski definition) is 0. The summed E-state index contributed by atoms with van der Waals surface area (Å²) in [6.07, 6.45) is 10.2. The van der Waals surface area contributed by atoms with Gasteiger partial charge in [-0.25, -0.2) is 0 Å². The van der Waals surface area contributed by atoms with Crippen LogP contribution >= 0.6 is 0 Å². The molecular weight excluding hydrogens is 132 g/mol. The van der Waals surface area contributed by atoms with E-state index in [0.29, 0.717) is 5.41 Å². The van der Waals surface area contributed by atoms with Crippen LogP contribution in [0.25, 0.3) is 0 Å². The average Bonchev–Trinajstić information content (AvgIpc) is 2.10. The van der Waals surface area contributed by atoms with Crippen LogP contribution in [0.5, 0.6) is 0 Å². The third-order valence-corrected chi connectivity index (χ3v) is 2.70. The lowest BCUT2D eigenvalue weighted by Gasteiger charge is -2.23. The van der Waals surface area contributed by atoms with Gasteiger partial charge in [0.2, 0.25) is 0 Å². The van der Waals surface area contributed by atoms with Crippen molar-refractivity contribution in [2.75, 3.05) is 0 Å². The minimum absolute atomic E-state index is 0.456. The van der Waals surface area contributed by atoms with E-state index in [1.807, 2.05) is 0 Å². The second-order valence-electron chi connectivity index (χ2n) is 4.45. The second kappa shape index (κ2) is 3.42. The zero-order chi connectivity index (χ0) is 8.32. The van der Waals surface area contributed by atoms with Gasteiger partial charge >= 0.3 is 0 Å². The molecule has 1 unspecified atom stereocenters. The van der Waals surface area contributed by atoms with Crippen molar-refractivity contribution in [3.05, 3.63) is 12.2 Å². The van der Waals surface area contributed by atoms with E-state index in [-0.39, 0.29) is 0 Å². The molecule has 0 spiro atoms. The first-order chi connectivity index (χ1) is 5.14. The summed E-state index contributed by atoms with van der Waals surface area (Å²) in [5, 5.41) is 0. The predicted octanol–water partition coefficient (Wildman–Crippen LogP) is 3.78. The fraction of sp³-hybridized carbons (Fsp3) is 0.818. The molecular formula is C11H20. The molecule has 1 rings (SSSR count). The summed E-state index contributed by atoms with van der Waals surface area (Å²) in [6, 6.07) is 0. The van der Waals surface area contributed by atoms with Gasteiger partial charge in [0.25, 0.3) is 0 Å². The quantitative estimate of drug-likeness (QED) is 0.502. The van der Waals surface area contributed by atoms with Crippen LogP contribution in [-0.4, -0.2) is 0 Å². The molecule has 0 fully saturated rings. The van der Waals surface area contributed by atoms with Crippen LogP contribution in [0.15, 0.2) is 12.2 Å². The summed E-state index contributed by atoms with van der Waals surface area (Å²) in [5.74, 6) is 0.958. The van der Waals surface area contributed by atoms with Gasteiger partial charge < -0.3 is 0 Å². The molecule has 0 aromatic rings. The molecule has 0 aromatic carbocycles. The van der Waals surface area contributed by atoms with Gasteiger partial charge in [-0.2, -0.15) is 0 Å². The van der Waals surface area contributed by atoms with Crippen molar-refractivity contribution in [3.63, 3.8) is 0 Å². The summed E-state index contributed by atoms with van der Waals surface area (Å²) in [5.41, 5.74) is 0.456. The molecule has 11 heavy (non-hydrogen) atoms. The number of hydrogen-bond acceptors (Lipinski definition) is 0. The Morgan fingerprint density at radius 1 is 1.45 bits per heavy atom. The van der Waals surface area contributed by atoms with Crippen LogP contribution in [0.4, 0.5) is 0 Å². The van der Waals surface area contributed by atoms with Gasteiger partial charge in [0.1, 0.15) is 0 Å². The Balaban J connectivity index is 2.56. The Bertz CT molecular complexity index is 142. The molecule has 0 heterocycles. The molecule has 1 aliphatic carbocycles. The lowest BCUT2D eigenvalue weighted by Crippen LogP contribution is -2.12. The minimum atomic E-state index is 0.456. The van der Waals surface area contributed by atoms with E-state index in [0.717, 1.165) is 5.92 Å². The van der Waals surface area contributed by atoms with Gasteiger partial charge in [-0.1, -0.05) is 39.3 Å². The average molecular weight is 152 g/mol. The minimum Gasteiger partial charge on any atom is -0.0880 e. The molecule has 0 nitrogen and oxygen atoms in total. The Morgan fingerprint density at radius 3 is 2.82 bits per heavy atom. The van der Waals surface area contributed by atoms with Gasteiger partial charge in [-0.05, 0) is 30.6 Å². The molecule has 0 saturated heterocycles. The van der Waals surface area contributed by atoms with Crippen LogP contribution in [0, 0.1) is 11.3 Å². The van der Waals surface area contributed by atoms with Crippen molar-refractivity contribution >= 4 is 0 Å². The first-order valence-electron chi connectivity index (χ1n) is 4.82. The summed E-state index contributed by atoms with van der Waals surface area (Å²) < 4.78 is 0. The highest BCUT2D eigenvalue weighted by Gasteiger charge is 2.21. The second-order valence-corrected chi connectivity index (χ2v) is 4.45. The summed E-state index contributed by atoms with van der Waals surface area (Å²) in [6.45, 7) is 7.00. The third-order valence-electron chi connectivity index (χ3n) is 2.70. The molecule has 1 atom stereocenters. The summed E-state index contributed by atoms with van der Waals surface area (Å²) in [7, 11) is 0. The van der Waals surface area contributed by atoms with Crippen molar-refractivity contribution in [2.24, 2.45) is 11.3 Å². The van der Waals surface area contributed by atoms with Crippen LogP contribution in [0.3, 0.4) is 0 Å². The standard InChI is InChI=1S/C11H20/c1-4-10-7-5-6-8-11(2,3)9-10/h6,8,10H,4-5,7,9H2,1-3H3. The summed E-state index contributed by atoms with van der Waals surface area (Å²) >= 11 is 0. The molecule has 0 N–H and O–H groups in total. The highest BCUT2D eigenvalue weighted by Crippen LogP contribution is 2.33. The lowest BCUT2D eigenvalue weighted by atomic mass is 9.82.